The van der Waals surface area contributed by atoms with E-state index in [0.717, 1.165) is 31.1 Å². The molecule has 1 heteroatoms. The van der Waals surface area contributed by atoms with Crippen molar-refractivity contribution < 1.29 is 4.79 Å². The molecule has 1 fully saturated rings. The van der Waals surface area contributed by atoms with Gasteiger partial charge in [-0.25, -0.2) is 0 Å². The summed E-state index contributed by atoms with van der Waals surface area (Å²) in [6, 6.07) is 0. The molecule has 0 bridgehead atoms. The topological polar surface area (TPSA) is 17.1 Å². The first-order chi connectivity index (χ1) is 6.88. The fraction of sp³-hybridized carbons (Fsp3) is 0.929. The Kier molecular flexibility index (Phi) is 3.97. The lowest BCUT2D eigenvalue weighted by Gasteiger charge is -2.35. The standard InChI is InChI=1S/C14H26O/c1-6-14(4,5)13(15)12-8-7-10(2)11(3)9-12/h10-12H,6-9H2,1-5H3. The van der Waals surface area contributed by atoms with E-state index in [9.17, 15) is 4.79 Å². The Morgan fingerprint density at radius 1 is 1.20 bits per heavy atom. The third-order valence-electron chi connectivity index (χ3n) is 4.52. The van der Waals surface area contributed by atoms with Crippen LogP contribution in [0.1, 0.15) is 60.3 Å². The van der Waals surface area contributed by atoms with Crippen LogP contribution in [-0.4, -0.2) is 5.78 Å². The molecule has 1 aliphatic carbocycles. The Hall–Kier alpha value is -0.330. The van der Waals surface area contributed by atoms with Gasteiger partial charge in [0, 0.05) is 11.3 Å². The maximum Gasteiger partial charge on any atom is 0.141 e. The second-order valence-corrected chi connectivity index (χ2v) is 6.07. The van der Waals surface area contributed by atoms with Crippen LogP contribution in [0.5, 0.6) is 0 Å². The summed E-state index contributed by atoms with van der Waals surface area (Å²) in [6.07, 6.45) is 4.43. The first-order valence-electron chi connectivity index (χ1n) is 6.42. The summed E-state index contributed by atoms with van der Waals surface area (Å²) in [4.78, 5) is 12.3. The minimum atomic E-state index is -0.106. The van der Waals surface area contributed by atoms with E-state index >= 15 is 0 Å². The molecule has 3 unspecified atom stereocenters. The molecule has 0 spiro atoms. The van der Waals surface area contributed by atoms with Crippen molar-refractivity contribution in [1.29, 1.82) is 0 Å². The van der Waals surface area contributed by atoms with E-state index < -0.39 is 0 Å². The highest BCUT2D eigenvalue weighted by Crippen LogP contribution is 2.38. The van der Waals surface area contributed by atoms with Crippen molar-refractivity contribution in [3.05, 3.63) is 0 Å². The van der Waals surface area contributed by atoms with E-state index in [2.05, 4.69) is 34.6 Å². The first kappa shape index (κ1) is 12.7. The number of rotatable bonds is 3. The molecule has 1 nitrogen and oxygen atoms in total. The first-order valence-corrected chi connectivity index (χ1v) is 6.42. The van der Waals surface area contributed by atoms with E-state index in [1.165, 1.54) is 6.42 Å². The molecule has 0 heterocycles. The van der Waals surface area contributed by atoms with Gasteiger partial charge in [0.1, 0.15) is 5.78 Å². The van der Waals surface area contributed by atoms with Crippen LogP contribution in [0.25, 0.3) is 0 Å². The molecule has 0 aromatic heterocycles. The number of hydrogen-bond acceptors (Lipinski definition) is 1. The van der Waals surface area contributed by atoms with E-state index in [1.54, 1.807) is 0 Å². The lowest BCUT2D eigenvalue weighted by molar-refractivity contribution is -0.133. The zero-order chi connectivity index (χ0) is 11.6. The normalized spacial score (nSPS) is 32.7. The Morgan fingerprint density at radius 3 is 2.27 bits per heavy atom. The van der Waals surface area contributed by atoms with Crippen LogP contribution < -0.4 is 0 Å². The van der Waals surface area contributed by atoms with Gasteiger partial charge in [-0.2, -0.15) is 0 Å². The van der Waals surface area contributed by atoms with Crippen LogP contribution in [0.4, 0.5) is 0 Å². The summed E-state index contributed by atoms with van der Waals surface area (Å²) < 4.78 is 0. The van der Waals surface area contributed by atoms with Crippen molar-refractivity contribution in [2.24, 2.45) is 23.2 Å². The smallest absolute Gasteiger partial charge is 0.141 e. The molecule has 1 saturated carbocycles. The van der Waals surface area contributed by atoms with Crippen molar-refractivity contribution in [1.82, 2.24) is 0 Å². The van der Waals surface area contributed by atoms with Gasteiger partial charge in [-0.3, -0.25) is 4.79 Å². The van der Waals surface area contributed by atoms with Gasteiger partial charge in [0.15, 0.2) is 0 Å². The van der Waals surface area contributed by atoms with Gasteiger partial charge in [-0.1, -0.05) is 34.6 Å². The molecule has 0 aromatic rings. The minimum Gasteiger partial charge on any atom is -0.299 e. The average molecular weight is 210 g/mol. The molecule has 0 N–H and O–H groups in total. The van der Waals surface area contributed by atoms with E-state index in [0.29, 0.717) is 11.7 Å². The molecule has 1 aliphatic rings. The molecule has 0 saturated heterocycles. The van der Waals surface area contributed by atoms with Crippen LogP contribution in [0, 0.1) is 23.2 Å². The van der Waals surface area contributed by atoms with Gasteiger partial charge < -0.3 is 0 Å². The molecule has 3 atom stereocenters. The van der Waals surface area contributed by atoms with Crippen LogP contribution in [-0.2, 0) is 4.79 Å². The monoisotopic (exact) mass is 210 g/mol. The van der Waals surface area contributed by atoms with Gasteiger partial charge >= 0.3 is 0 Å². The van der Waals surface area contributed by atoms with Crippen LogP contribution in [0.15, 0.2) is 0 Å². The molecule has 0 aromatic carbocycles. The number of hydrogen-bond donors (Lipinski definition) is 0. The molecule has 0 aliphatic heterocycles. The summed E-state index contributed by atoms with van der Waals surface area (Å²) in [5.74, 6) is 2.37. The number of Topliss-reactive ketones (excluding diaryl/α,β-unsaturated/α-hetero) is 1. The molecule has 15 heavy (non-hydrogen) atoms. The maximum atomic E-state index is 12.3. The van der Waals surface area contributed by atoms with Gasteiger partial charge in [0.05, 0.1) is 0 Å². The number of carbonyl (C=O) groups is 1. The summed E-state index contributed by atoms with van der Waals surface area (Å²) in [7, 11) is 0. The van der Waals surface area contributed by atoms with Gasteiger partial charge in [-0.05, 0) is 37.5 Å². The predicted molar refractivity (Wildman–Crippen MR) is 64.7 cm³/mol. The zero-order valence-electron chi connectivity index (χ0n) is 11.0. The fourth-order valence-electron chi connectivity index (χ4n) is 2.51. The number of carbonyl (C=O) groups excluding carboxylic acids is 1. The average Bonchev–Trinajstić information content (AvgIpc) is 2.21. The quantitative estimate of drug-likeness (QED) is 0.686. The highest BCUT2D eigenvalue weighted by molar-refractivity contribution is 5.86. The van der Waals surface area contributed by atoms with Crippen molar-refractivity contribution in [3.63, 3.8) is 0 Å². The van der Waals surface area contributed by atoms with Crippen LogP contribution >= 0.6 is 0 Å². The summed E-state index contributed by atoms with van der Waals surface area (Å²) >= 11 is 0. The van der Waals surface area contributed by atoms with E-state index in [4.69, 9.17) is 0 Å². The Labute approximate surface area is 94.6 Å². The van der Waals surface area contributed by atoms with Crippen LogP contribution in [0.2, 0.25) is 0 Å². The molecular formula is C14H26O. The maximum absolute atomic E-state index is 12.3. The highest BCUT2D eigenvalue weighted by atomic mass is 16.1. The lowest BCUT2D eigenvalue weighted by Crippen LogP contribution is -2.34. The molecule has 88 valence electrons. The molecule has 1 rings (SSSR count). The Bertz CT molecular complexity index is 229. The predicted octanol–water partition coefficient (Wildman–Crippen LogP) is 4.06. The third kappa shape index (κ3) is 2.83. The second-order valence-electron chi connectivity index (χ2n) is 6.07. The Balaban J connectivity index is 2.62. The van der Waals surface area contributed by atoms with E-state index in [-0.39, 0.29) is 5.41 Å². The van der Waals surface area contributed by atoms with Crippen molar-refractivity contribution in [2.45, 2.75) is 60.3 Å². The third-order valence-corrected chi connectivity index (χ3v) is 4.52. The van der Waals surface area contributed by atoms with Crippen molar-refractivity contribution >= 4 is 5.78 Å². The van der Waals surface area contributed by atoms with Gasteiger partial charge in [0.25, 0.3) is 0 Å². The largest absolute Gasteiger partial charge is 0.299 e. The summed E-state index contributed by atoms with van der Waals surface area (Å²) in [6.45, 7) is 10.9. The van der Waals surface area contributed by atoms with E-state index in [1.807, 2.05) is 0 Å². The second kappa shape index (κ2) is 4.67. The van der Waals surface area contributed by atoms with Crippen LogP contribution in [0.3, 0.4) is 0 Å². The molecular weight excluding hydrogens is 184 g/mol. The molecule has 0 radical (unpaired) electrons. The Morgan fingerprint density at radius 2 is 1.80 bits per heavy atom. The lowest BCUT2D eigenvalue weighted by atomic mass is 9.69. The molecule has 0 amide bonds. The van der Waals surface area contributed by atoms with Gasteiger partial charge in [-0.15, -0.1) is 0 Å². The highest BCUT2D eigenvalue weighted by Gasteiger charge is 2.35. The van der Waals surface area contributed by atoms with Crippen molar-refractivity contribution in [2.75, 3.05) is 0 Å². The summed E-state index contributed by atoms with van der Waals surface area (Å²) in [5, 5.41) is 0. The number of ketones is 1. The van der Waals surface area contributed by atoms with Crippen molar-refractivity contribution in [3.8, 4) is 0 Å². The summed E-state index contributed by atoms with van der Waals surface area (Å²) in [5.41, 5.74) is -0.106. The zero-order valence-corrected chi connectivity index (χ0v) is 11.0. The van der Waals surface area contributed by atoms with Gasteiger partial charge in [0.2, 0.25) is 0 Å². The fourth-order valence-corrected chi connectivity index (χ4v) is 2.51. The minimum absolute atomic E-state index is 0.106. The SMILES string of the molecule is CCC(C)(C)C(=O)C1CCC(C)C(C)C1.